The van der Waals surface area contributed by atoms with Crippen molar-refractivity contribution in [3.05, 3.63) is 35.9 Å². The highest BCUT2D eigenvalue weighted by atomic mass is 16.7. The molecule has 5 heteroatoms. The molecule has 118 valence electrons. The van der Waals surface area contributed by atoms with Gasteiger partial charge in [-0.25, -0.2) is 0 Å². The maximum Gasteiger partial charge on any atom is 0.185 e. The molecule has 1 aliphatic heterocycles. The van der Waals surface area contributed by atoms with Gasteiger partial charge < -0.3 is 24.4 Å². The Hall–Kier alpha value is -0.980. The lowest BCUT2D eigenvalue weighted by molar-refractivity contribution is -0.258. The van der Waals surface area contributed by atoms with Crippen molar-refractivity contribution >= 4 is 0 Å². The summed E-state index contributed by atoms with van der Waals surface area (Å²) in [5, 5.41) is 19.4. The van der Waals surface area contributed by atoms with Gasteiger partial charge in [-0.3, -0.25) is 0 Å². The van der Waals surface area contributed by atoms with Crippen molar-refractivity contribution in [2.75, 3.05) is 13.7 Å². The third kappa shape index (κ3) is 5.05. The fraction of sp³-hybridized carbons (Fsp3) is 0.625. The van der Waals surface area contributed by atoms with E-state index in [2.05, 4.69) is 0 Å². The van der Waals surface area contributed by atoms with Gasteiger partial charge in [-0.15, -0.1) is 0 Å². The topological polar surface area (TPSA) is 68.2 Å². The molecule has 0 unspecified atom stereocenters. The Morgan fingerprint density at radius 1 is 1.24 bits per heavy atom. The van der Waals surface area contributed by atoms with Crippen molar-refractivity contribution in [1.82, 2.24) is 0 Å². The van der Waals surface area contributed by atoms with Gasteiger partial charge in [-0.2, -0.15) is 0 Å². The summed E-state index contributed by atoms with van der Waals surface area (Å²) >= 11 is 0. The van der Waals surface area contributed by atoms with Gasteiger partial charge >= 0.3 is 0 Å². The van der Waals surface area contributed by atoms with E-state index in [4.69, 9.17) is 14.2 Å². The monoisotopic (exact) mass is 296 g/mol. The van der Waals surface area contributed by atoms with Gasteiger partial charge in [0.25, 0.3) is 0 Å². The first-order valence-electron chi connectivity index (χ1n) is 7.36. The zero-order valence-electron chi connectivity index (χ0n) is 12.4. The minimum Gasteiger partial charge on any atom is -0.390 e. The van der Waals surface area contributed by atoms with E-state index in [0.717, 1.165) is 18.4 Å². The molecule has 0 bridgehead atoms. The lowest BCUT2D eigenvalue weighted by Gasteiger charge is -2.36. The van der Waals surface area contributed by atoms with E-state index < -0.39 is 18.5 Å². The Morgan fingerprint density at radius 3 is 2.71 bits per heavy atom. The van der Waals surface area contributed by atoms with Crippen molar-refractivity contribution in [3.8, 4) is 0 Å². The molecule has 1 aliphatic rings. The zero-order chi connectivity index (χ0) is 15.1. The molecular formula is C16H24O5. The first-order chi connectivity index (χ1) is 10.2. The molecule has 1 aromatic carbocycles. The minimum absolute atomic E-state index is 0.103. The normalized spacial score (nSPS) is 29.5. The van der Waals surface area contributed by atoms with E-state index in [-0.39, 0.29) is 6.10 Å². The molecule has 1 fully saturated rings. The van der Waals surface area contributed by atoms with Crippen LogP contribution in [0.2, 0.25) is 0 Å². The summed E-state index contributed by atoms with van der Waals surface area (Å²) in [6, 6.07) is 10.0. The molecule has 0 saturated carbocycles. The van der Waals surface area contributed by atoms with E-state index in [1.165, 1.54) is 7.11 Å². The van der Waals surface area contributed by atoms with Crippen LogP contribution in [0.4, 0.5) is 0 Å². The molecule has 0 aromatic heterocycles. The van der Waals surface area contributed by atoms with Crippen LogP contribution in [0, 0.1) is 0 Å². The quantitative estimate of drug-likeness (QED) is 0.746. The highest BCUT2D eigenvalue weighted by Gasteiger charge is 2.36. The molecule has 1 heterocycles. The Labute approximate surface area is 125 Å². The van der Waals surface area contributed by atoms with Crippen LogP contribution in [0.15, 0.2) is 30.3 Å². The summed E-state index contributed by atoms with van der Waals surface area (Å²) in [5.74, 6) is 0. The number of aliphatic hydroxyl groups excluding tert-OH is 2. The fourth-order valence-electron chi connectivity index (χ4n) is 2.47. The third-order valence-electron chi connectivity index (χ3n) is 3.66. The lowest BCUT2D eigenvalue weighted by atomic mass is 9.99. The van der Waals surface area contributed by atoms with E-state index in [1.807, 2.05) is 30.3 Å². The molecule has 2 rings (SSSR count). The van der Waals surface area contributed by atoms with E-state index in [1.54, 1.807) is 0 Å². The smallest absolute Gasteiger partial charge is 0.185 e. The first kappa shape index (κ1) is 16.4. The molecular weight excluding hydrogens is 272 g/mol. The highest BCUT2D eigenvalue weighted by molar-refractivity contribution is 5.13. The summed E-state index contributed by atoms with van der Waals surface area (Å²) in [5.41, 5.74) is 1.16. The summed E-state index contributed by atoms with van der Waals surface area (Å²) in [4.78, 5) is 0. The molecule has 2 N–H and O–H groups in total. The number of hydrogen-bond donors (Lipinski definition) is 2. The second kappa shape index (κ2) is 8.46. The number of benzene rings is 1. The van der Waals surface area contributed by atoms with E-state index in [0.29, 0.717) is 19.6 Å². The molecule has 0 aliphatic carbocycles. The molecule has 1 saturated heterocycles. The molecule has 0 spiro atoms. The molecule has 0 amide bonds. The molecule has 5 nitrogen and oxygen atoms in total. The fourth-order valence-corrected chi connectivity index (χ4v) is 2.47. The molecule has 1 aromatic rings. The second-order valence-electron chi connectivity index (χ2n) is 5.34. The van der Waals surface area contributed by atoms with Crippen LogP contribution in [0.3, 0.4) is 0 Å². The number of aliphatic hydroxyl groups is 2. The van der Waals surface area contributed by atoms with Gasteiger partial charge in [-0.1, -0.05) is 30.3 Å². The summed E-state index contributed by atoms with van der Waals surface area (Å²) in [6.45, 7) is 1.25. The summed E-state index contributed by atoms with van der Waals surface area (Å²) < 4.78 is 16.2. The number of hydrogen-bond acceptors (Lipinski definition) is 5. The Morgan fingerprint density at radius 2 is 2.00 bits per heavy atom. The van der Waals surface area contributed by atoms with E-state index >= 15 is 0 Å². The summed E-state index contributed by atoms with van der Waals surface area (Å²) in [7, 11) is 1.46. The Kier molecular flexibility index (Phi) is 6.60. The Bertz CT molecular complexity index is 397. The highest BCUT2D eigenvalue weighted by Crippen LogP contribution is 2.23. The maximum atomic E-state index is 9.76. The van der Waals surface area contributed by atoms with Crippen LogP contribution in [0.25, 0.3) is 0 Å². The van der Waals surface area contributed by atoms with Gasteiger partial charge in [0.1, 0.15) is 6.10 Å². The van der Waals surface area contributed by atoms with Gasteiger partial charge in [0.05, 0.1) is 18.8 Å². The van der Waals surface area contributed by atoms with Crippen molar-refractivity contribution in [2.45, 2.75) is 50.5 Å². The van der Waals surface area contributed by atoms with Crippen LogP contribution in [0.1, 0.15) is 24.8 Å². The van der Waals surface area contributed by atoms with Crippen molar-refractivity contribution in [1.29, 1.82) is 0 Å². The zero-order valence-corrected chi connectivity index (χ0v) is 12.4. The number of ether oxygens (including phenoxy) is 3. The van der Waals surface area contributed by atoms with E-state index in [9.17, 15) is 10.2 Å². The average Bonchev–Trinajstić information content (AvgIpc) is 2.51. The lowest BCUT2D eigenvalue weighted by Crippen LogP contribution is -2.49. The van der Waals surface area contributed by atoms with Crippen LogP contribution in [0.5, 0.6) is 0 Å². The molecule has 21 heavy (non-hydrogen) atoms. The van der Waals surface area contributed by atoms with Crippen molar-refractivity contribution in [2.24, 2.45) is 0 Å². The molecule has 0 radical (unpaired) electrons. The van der Waals surface area contributed by atoms with Crippen LogP contribution in [-0.4, -0.2) is 48.5 Å². The van der Waals surface area contributed by atoms with Crippen molar-refractivity contribution < 1.29 is 24.4 Å². The van der Waals surface area contributed by atoms with Crippen molar-refractivity contribution in [3.63, 3.8) is 0 Å². The minimum atomic E-state index is -0.972. The second-order valence-corrected chi connectivity index (χ2v) is 5.34. The first-order valence-corrected chi connectivity index (χ1v) is 7.36. The van der Waals surface area contributed by atoms with Gasteiger partial charge in [0, 0.05) is 20.1 Å². The predicted molar refractivity (Wildman–Crippen MR) is 77.6 cm³/mol. The van der Waals surface area contributed by atoms with Crippen LogP contribution in [-0.2, 0) is 20.8 Å². The van der Waals surface area contributed by atoms with Crippen LogP contribution < -0.4 is 0 Å². The van der Waals surface area contributed by atoms with Gasteiger partial charge in [-0.05, 0) is 18.4 Å². The summed E-state index contributed by atoms with van der Waals surface area (Å²) in [6.07, 6.45) is -0.563. The van der Waals surface area contributed by atoms with Gasteiger partial charge in [0.2, 0.25) is 0 Å². The third-order valence-corrected chi connectivity index (χ3v) is 3.66. The molecule has 4 atom stereocenters. The SMILES string of the molecule is CO[C@H]1O[C@H](CCCOCc2ccccc2)C[C@H](O)[C@@H]1O. The standard InChI is InChI=1S/C16H24O5/c1-19-16-15(18)14(17)10-13(21-16)8-5-9-20-11-12-6-3-2-4-7-12/h2-4,6-7,13-18H,5,8-11H2,1H3/t13-,14+,15+,16+/m1/s1. The number of methoxy groups -OCH3 is 1. The largest absolute Gasteiger partial charge is 0.390 e. The average molecular weight is 296 g/mol. The predicted octanol–water partition coefficient (Wildman–Crippen LogP) is 1.47. The van der Waals surface area contributed by atoms with Gasteiger partial charge in [0.15, 0.2) is 6.29 Å². The van der Waals surface area contributed by atoms with Crippen LogP contribution >= 0.6 is 0 Å². The Balaban J connectivity index is 1.62. The maximum absolute atomic E-state index is 9.76. The number of rotatable bonds is 7.